The summed E-state index contributed by atoms with van der Waals surface area (Å²) in [5, 5.41) is 3.24. The number of ketones is 1. The van der Waals surface area contributed by atoms with Crippen LogP contribution in [-0.2, 0) is 23.9 Å². The highest BCUT2D eigenvalue weighted by atomic mass is 16.5. The Morgan fingerprint density at radius 2 is 1.86 bits per heavy atom. The summed E-state index contributed by atoms with van der Waals surface area (Å²) in [6.45, 7) is 14.2. The number of likely N-dealkylation sites (N-methyl/N-ethyl adjacent to an activating group) is 1. The van der Waals surface area contributed by atoms with Crippen molar-refractivity contribution in [2.24, 2.45) is 23.7 Å². The Morgan fingerprint density at radius 3 is 2.46 bits per heavy atom. The Labute approximate surface area is 212 Å². The third kappa shape index (κ3) is 9.47. The molecule has 0 radical (unpaired) electrons. The van der Waals surface area contributed by atoms with Crippen molar-refractivity contribution in [3.8, 4) is 0 Å². The predicted octanol–water partition coefficient (Wildman–Crippen LogP) is 2.74. The number of likely N-dealkylation sites (tertiary alicyclic amines) is 1. The third-order valence-corrected chi connectivity index (χ3v) is 7.73. The van der Waals surface area contributed by atoms with Gasteiger partial charge in [0.1, 0.15) is 18.8 Å². The van der Waals surface area contributed by atoms with Gasteiger partial charge in [0.25, 0.3) is 0 Å². The van der Waals surface area contributed by atoms with Crippen molar-refractivity contribution in [2.75, 3.05) is 53.5 Å². The van der Waals surface area contributed by atoms with Crippen molar-refractivity contribution in [3.05, 3.63) is 0 Å². The Balaban J connectivity index is 2.06. The van der Waals surface area contributed by atoms with Crippen LogP contribution in [0, 0.1) is 23.7 Å². The van der Waals surface area contributed by atoms with Gasteiger partial charge in [0.05, 0.1) is 12.1 Å². The van der Waals surface area contributed by atoms with Gasteiger partial charge in [0.2, 0.25) is 5.91 Å². The second-order valence-corrected chi connectivity index (χ2v) is 11.6. The van der Waals surface area contributed by atoms with Gasteiger partial charge in [0.15, 0.2) is 0 Å². The summed E-state index contributed by atoms with van der Waals surface area (Å²) in [5.74, 6) is 0.536. The molecule has 0 aliphatic carbocycles. The van der Waals surface area contributed by atoms with Gasteiger partial charge < -0.3 is 19.7 Å². The first-order valence-corrected chi connectivity index (χ1v) is 13.4. The molecule has 2 fully saturated rings. The molecule has 8 heteroatoms. The summed E-state index contributed by atoms with van der Waals surface area (Å²) in [4.78, 5) is 42.0. The fourth-order valence-corrected chi connectivity index (χ4v) is 5.72. The summed E-state index contributed by atoms with van der Waals surface area (Å²) in [6.07, 6.45) is 2.99. The molecule has 0 aromatic carbocycles. The lowest BCUT2D eigenvalue weighted by Crippen LogP contribution is -2.50. The smallest absolute Gasteiger partial charge is 0.313 e. The molecular weight excluding hydrogens is 446 g/mol. The molecule has 2 rings (SSSR count). The lowest BCUT2D eigenvalue weighted by molar-refractivity contribution is -0.149. The van der Waals surface area contributed by atoms with E-state index in [-0.39, 0.29) is 36.7 Å². The first-order valence-electron chi connectivity index (χ1n) is 13.4. The number of carbonyl (C=O) groups excluding carboxylic acids is 3. The zero-order chi connectivity index (χ0) is 26.2. The molecule has 2 saturated heterocycles. The minimum atomic E-state index is -0.449. The van der Waals surface area contributed by atoms with Crippen LogP contribution in [0.2, 0.25) is 0 Å². The number of nitrogens with zero attached hydrogens (tertiary/aromatic N) is 2. The molecule has 1 unspecified atom stereocenters. The van der Waals surface area contributed by atoms with Gasteiger partial charge in [-0.25, -0.2) is 0 Å². The topological polar surface area (TPSA) is 88.2 Å². The quantitative estimate of drug-likeness (QED) is 0.448. The first kappa shape index (κ1) is 29.7. The van der Waals surface area contributed by atoms with Crippen molar-refractivity contribution in [2.45, 2.75) is 78.4 Å². The zero-order valence-electron chi connectivity index (χ0n) is 23.1. The number of ether oxygens (including phenoxy) is 2. The number of amides is 1. The molecule has 8 nitrogen and oxygen atoms in total. The summed E-state index contributed by atoms with van der Waals surface area (Å²) in [5.41, 5.74) is -0.419. The van der Waals surface area contributed by atoms with Crippen molar-refractivity contribution in [1.29, 1.82) is 0 Å². The van der Waals surface area contributed by atoms with Crippen LogP contribution in [-0.4, -0.2) is 92.6 Å². The van der Waals surface area contributed by atoms with E-state index in [4.69, 9.17) is 9.47 Å². The number of nitrogens with one attached hydrogen (secondary N) is 1. The predicted molar refractivity (Wildman–Crippen MR) is 137 cm³/mol. The van der Waals surface area contributed by atoms with Gasteiger partial charge >= 0.3 is 5.97 Å². The van der Waals surface area contributed by atoms with Gasteiger partial charge in [-0.1, -0.05) is 27.7 Å². The van der Waals surface area contributed by atoms with E-state index in [1.807, 2.05) is 11.8 Å². The minimum Gasteiger partial charge on any atom is -0.464 e. The van der Waals surface area contributed by atoms with Crippen molar-refractivity contribution in [3.63, 3.8) is 0 Å². The van der Waals surface area contributed by atoms with Crippen LogP contribution in [0.15, 0.2) is 0 Å². The minimum absolute atomic E-state index is 0.0554. The molecule has 2 heterocycles. The molecule has 0 aromatic rings. The van der Waals surface area contributed by atoms with Gasteiger partial charge in [-0.05, 0) is 64.0 Å². The van der Waals surface area contributed by atoms with Crippen LogP contribution < -0.4 is 5.32 Å². The Kier molecular flexibility index (Phi) is 11.6. The molecule has 2 aliphatic rings. The molecule has 0 bridgehead atoms. The van der Waals surface area contributed by atoms with Crippen LogP contribution in [0.1, 0.15) is 66.7 Å². The van der Waals surface area contributed by atoms with Gasteiger partial charge in [0, 0.05) is 38.7 Å². The van der Waals surface area contributed by atoms with Crippen molar-refractivity contribution in [1.82, 2.24) is 15.1 Å². The molecule has 2 aliphatic heterocycles. The van der Waals surface area contributed by atoms with Crippen LogP contribution in [0.25, 0.3) is 0 Å². The number of hydrogen-bond acceptors (Lipinski definition) is 7. The van der Waals surface area contributed by atoms with E-state index in [0.29, 0.717) is 30.7 Å². The maximum absolute atomic E-state index is 12.7. The van der Waals surface area contributed by atoms with Crippen molar-refractivity contribution >= 4 is 17.7 Å². The molecule has 0 saturated carbocycles. The molecule has 1 N–H and O–H groups in total. The number of piperidine rings is 1. The Morgan fingerprint density at radius 1 is 1.20 bits per heavy atom. The molecular formula is C27H49N3O5. The van der Waals surface area contributed by atoms with E-state index >= 15 is 0 Å². The Bertz CT molecular complexity index is 707. The maximum Gasteiger partial charge on any atom is 0.313 e. The SMILES string of the molecule is CO[C@]1(C)C[C@@H](C)CN(C)C(C2CCN(C(=O)CNCC(C)C)CC2)COC(=O)CC(=O)[C@H](C)C1. The maximum atomic E-state index is 12.7. The number of methoxy groups -OCH3 is 1. The second-order valence-electron chi connectivity index (χ2n) is 11.6. The standard InChI is InChI=1S/C27H49N3O5/c1-19(2)15-28-16-25(32)30-10-8-22(9-11-30)23-18-35-26(33)12-24(31)21(4)14-27(5,34-7)13-20(3)17-29(23)6/h19-23,28H,8-18H2,1-7H3/t20-,21-,23?,27-/m1/s1. The first-order chi connectivity index (χ1) is 16.4. The van der Waals surface area contributed by atoms with Crippen LogP contribution in [0.3, 0.4) is 0 Å². The van der Waals surface area contributed by atoms with E-state index in [1.54, 1.807) is 7.11 Å². The zero-order valence-corrected chi connectivity index (χ0v) is 23.1. The molecule has 1 amide bonds. The van der Waals surface area contributed by atoms with Gasteiger partial charge in [-0.3, -0.25) is 19.3 Å². The second kappa shape index (κ2) is 13.7. The van der Waals surface area contributed by atoms with E-state index in [2.05, 4.69) is 45.0 Å². The number of hydrogen-bond donors (Lipinski definition) is 1. The Hall–Kier alpha value is -1.51. The van der Waals surface area contributed by atoms with E-state index in [1.165, 1.54) is 0 Å². The van der Waals surface area contributed by atoms with Crippen LogP contribution in [0.5, 0.6) is 0 Å². The molecule has 0 aromatic heterocycles. The normalized spacial score (nSPS) is 31.0. The molecule has 35 heavy (non-hydrogen) atoms. The number of cyclic esters (lactones) is 1. The van der Waals surface area contributed by atoms with Crippen LogP contribution in [0.4, 0.5) is 0 Å². The highest BCUT2D eigenvalue weighted by Gasteiger charge is 2.36. The van der Waals surface area contributed by atoms with Gasteiger partial charge in [-0.15, -0.1) is 0 Å². The molecule has 0 spiro atoms. The average molecular weight is 496 g/mol. The van der Waals surface area contributed by atoms with E-state index in [9.17, 15) is 14.4 Å². The number of Topliss-reactive ketones (excluding diaryl/α,β-unsaturated/α-hetero) is 1. The van der Waals surface area contributed by atoms with Crippen molar-refractivity contribution < 1.29 is 23.9 Å². The summed E-state index contributed by atoms with van der Waals surface area (Å²) in [6, 6.07) is 0.0554. The monoisotopic (exact) mass is 495 g/mol. The number of rotatable bonds is 6. The largest absolute Gasteiger partial charge is 0.464 e. The highest BCUT2D eigenvalue weighted by Crippen LogP contribution is 2.31. The average Bonchev–Trinajstić information content (AvgIpc) is 2.78. The highest BCUT2D eigenvalue weighted by molar-refractivity contribution is 5.96. The van der Waals surface area contributed by atoms with E-state index in [0.717, 1.165) is 45.4 Å². The summed E-state index contributed by atoms with van der Waals surface area (Å²) >= 11 is 0. The third-order valence-electron chi connectivity index (χ3n) is 7.73. The molecule has 4 atom stereocenters. The summed E-state index contributed by atoms with van der Waals surface area (Å²) in [7, 11) is 3.80. The fourth-order valence-electron chi connectivity index (χ4n) is 5.72. The lowest BCUT2D eigenvalue weighted by Gasteiger charge is -2.41. The number of esters is 1. The number of carbonyl (C=O) groups is 3. The van der Waals surface area contributed by atoms with E-state index < -0.39 is 11.6 Å². The van der Waals surface area contributed by atoms with Crippen LogP contribution >= 0.6 is 0 Å². The molecule has 202 valence electrons. The lowest BCUT2D eigenvalue weighted by atomic mass is 9.83. The van der Waals surface area contributed by atoms with Gasteiger partial charge in [-0.2, -0.15) is 0 Å². The fraction of sp³-hybridized carbons (Fsp3) is 0.889. The summed E-state index contributed by atoms with van der Waals surface area (Å²) < 4.78 is 11.5.